The first-order valence-electron chi connectivity index (χ1n) is 8.21. The van der Waals surface area contributed by atoms with E-state index in [0.717, 1.165) is 0 Å². The SMILES string of the molecule is CCNC(=O)NC(=O)COC(=O)CCCc1nc2ccccc2c(=O)[nH]1. The number of nitrogens with zero attached hydrogens (tertiary/aromatic N) is 1. The number of carbonyl (C=O) groups excluding carboxylic acids is 3. The van der Waals surface area contributed by atoms with Gasteiger partial charge in [0.2, 0.25) is 0 Å². The van der Waals surface area contributed by atoms with Crippen molar-refractivity contribution in [2.45, 2.75) is 26.2 Å². The van der Waals surface area contributed by atoms with Crippen LogP contribution in [0.1, 0.15) is 25.6 Å². The lowest BCUT2D eigenvalue weighted by molar-refractivity contribution is -0.148. The number of rotatable bonds is 7. The Morgan fingerprint density at radius 3 is 2.77 bits per heavy atom. The number of esters is 1. The number of H-pyrrole nitrogens is 1. The molecule has 3 N–H and O–H groups in total. The van der Waals surface area contributed by atoms with Gasteiger partial charge in [0.1, 0.15) is 5.82 Å². The molecule has 0 saturated heterocycles. The highest BCUT2D eigenvalue weighted by Crippen LogP contribution is 2.07. The summed E-state index contributed by atoms with van der Waals surface area (Å²) >= 11 is 0. The van der Waals surface area contributed by atoms with Crippen LogP contribution in [0.3, 0.4) is 0 Å². The Balaban J connectivity index is 1.75. The number of aromatic nitrogens is 2. The summed E-state index contributed by atoms with van der Waals surface area (Å²) in [5.74, 6) is -0.792. The maximum atomic E-state index is 11.9. The van der Waals surface area contributed by atoms with Gasteiger partial charge in [0, 0.05) is 19.4 Å². The van der Waals surface area contributed by atoms with Crippen LogP contribution in [0.2, 0.25) is 0 Å². The molecule has 9 nitrogen and oxygen atoms in total. The first-order valence-corrected chi connectivity index (χ1v) is 8.21. The number of aromatic amines is 1. The molecule has 0 aliphatic carbocycles. The number of amides is 3. The molecule has 3 amide bonds. The lowest BCUT2D eigenvalue weighted by Gasteiger charge is -2.06. The zero-order valence-electron chi connectivity index (χ0n) is 14.3. The minimum absolute atomic E-state index is 0.0605. The monoisotopic (exact) mass is 360 g/mol. The number of para-hydroxylation sites is 1. The van der Waals surface area contributed by atoms with Crippen LogP contribution >= 0.6 is 0 Å². The number of benzene rings is 1. The van der Waals surface area contributed by atoms with Crippen LogP contribution in [-0.4, -0.2) is 41.0 Å². The number of aryl methyl sites for hydroxylation is 1. The Kier molecular flexibility index (Phi) is 6.84. The van der Waals surface area contributed by atoms with Gasteiger partial charge >= 0.3 is 12.0 Å². The van der Waals surface area contributed by atoms with Crippen molar-refractivity contribution in [3.05, 3.63) is 40.4 Å². The normalized spacial score (nSPS) is 10.3. The number of hydrogen-bond donors (Lipinski definition) is 3. The number of urea groups is 1. The predicted octanol–water partition coefficient (Wildman–Crippen LogP) is 0.635. The van der Waals surface area contributed by atoms with Crippen molar-refractivity contribution in [1.29, 1.82) is 0 Å². The second-order valence-electron chi connectivity index (χ2n) is 5.45. The van der Waals surface area contributed by atoms with Crippen LogP contribution in [0.5, 0.6) is 0 Å². The minimum Gasteiger partial charge on any atom is -0.456 e. The topological polar surface area (TPSA) is 130 Å². The van der Waals surface area contributed by atoms with Gasteiger partial charge in [0.15, 0.2) is 6.61 Å². The van der Waals surface area contributed by atoms with E-state index in [0.29, 0.717) is 36.1 Å². The molecule has 9 heteroatoms. The fourth-order valence-corrected chi connectivity index (χ4v) is 2.24. The van der Waals surface area contributed by atoms with E-state index in [1.54, 1.807) is 31.2 Å². The fourth-order valence-electron chi connectivity index (χ4n) is 2.24. The summed E-state index contributed by atoms with van der Waals surface area (Å²) in [7, 11) is 0. The van der Waals surface area contributed by atoms with Crippen LogP contribution in [-0.2, 0) is 20.7 Å². The largest absolute Gasteiger partial charge is 0.456 e. The lowest BCUT2D eigenvalue weighted by atomic mass is 10.2. The summed E-state index contributed by atoms with van der Waals surface area (Å²) in [6.45, 7) is 1.56. The van der Waals surface area contributed by atoms with Gasteiger partial charge < -0.3 is 15.0 Å². The molecule has 0 saturated carbocycles. The van der Waals surface area contributed by atoms with E-state index in [1.807, 2.05) is 5.32 Å². The first kappa shape index (κ1) is 19.1. The fraction of sp³-hybridized carbons (Fsp3) is 0.353. The van der Waals surface area contributed by atoms with Crippen molar-refractivity contribution in [1.82, 2.24) is 20.6 Å². The number of hydrogen-bond acceptors (Lipinski definition) is 6. The van der Waals surface area contributed by atoms with E-state index in [1.165, 1.54) is 0 Å². The Morgan fingerprint density at radius 2 is 2.00 bits per heavy atom. The maximum absolute atomic E-state index is 11.9. The van der Waals surface area contributed by atoms with Gasteiger partial charge in [0.05, 0.1) is 10.9 Å². The molecule has 0 aliphatic rings. The van der Waals surface area contributed by atoms with E-state index in [-0.39, 0.29) is 12.0 Å². The molecule has 1 aromatic heterocycles. The highest BCUT2D eigenvalue weighted by atomic mass is 16.5. The van der Waals surface area contributed by atoms with E-state index in [4.69, 9.17) is 4.74 Å². The standard InChI is InChI=1S/C17H20N4O5/c1-2-18-17(25)21-14(22)10-26-15(23)9-5-8-13-19-12-7-4-3-6-11(12)16(24)20-13/h3-4,6-7H,2,5,8-10H2,1H3,(H,19,20,24)(H2,18,21,22,25). The van der Waals surface area contributed by atoms with Crippen molar-refractivity contribution < 1.29 is 19.1 Å². The van der Waals surface area contributed by atoms with Crippen molar-refractivity contribution in [3.8, 4) is 0 Å². The zero-order chi connectivity index (χ0) is 18.9. The molecule has 2 aromatic rings. The number of nitrogens with one attached hydrogen (secondary N) is 3. The summed E-state index contributed by atoms with van der Waals surface area (Å²) in [6.07, 6.45) is 0.850. The molecule has 1 heterocycles. The average molecular weight is 360 g/mol. The third kappa shape index (κ3) is 5.69. The van der Waals surface area contributed by atoms with Crippen LogP contribution in [0.4, 0.5) is 4.79 Å². The molecule has 138 valence electrons. The second kappa shape index (κ2) is 9.30. The van der Waals surface area contributed by atoms with Crippen LogP contribution in [0, 0.1) is 0 Å². The van der Waals surface area contributed by atoms with E-state index in [2.05, 4.69) is 15.3 Å². The van der Waals surface area contributed by atoms with E-state index < -0.39 is 24.5 Å². The van der Waals surface area contributed by atoms with Crippen molar-refractivity contribution >= 4 is 28.8 Å². The highest BCUT2D eigenvalue weighted by Gasteiger charge is 2.11. The number of ether oxygens (including phenoxy) is 1. The van der Waals surface area contributed by atoms with Crippen LogP contribution in [0.25, 0.3) is 10.9 Å². The first-order chi connectivity index (χ1) is 12.5. The maximum Gasteiger partial charge on any atom is 0.321 e. The summed E-state index contributed by atoms with van der Waals surface area (Å²) in [5, 5.41) is 4.92. The third-order valence-electron chi connectivity index (χ3n) is 3.41. The van der Waals surface area contributed by atoms with Crippen molar-refractivity contribution in [2.24, 2.45) is 0 Å². The van der Waals surface area contributed by atoms with Crippen LogP contribution in [0.15, 0.2) is 29.1 Å². The summed E-state index contributed by atoms with van der Waals surface area (Å²) < 4.78 is 4.79. The summed E-state index contributed by atoms with van der Waals surface area (Å²) in [6, 6.07) is 6.35. The molecule has 0 fully saturated rings. The van der Waals surface area contributed by atoms with Gasteiger partial charge in [-0.05, 0) is 25.5 Å². The molecule has 0 aliphatic heterocycles. The predicted molar refractivity (Wildman–Crippen MR) is 93.5 cm³/mol. The Bertz CT molecular complexity index is 862. The van der Waals surface area contributed by atoms with Gasteiger partial charge in [-0.15, -0.1) is 0 Å². The molecule has 0 spiro atoms. The third-order valence-corrected chi connectivity index (χ3v) is 3.41. The summed E-state index contributed by atoms with van der Waals surface area (Å²) in [4.78, 5) is 53.1. The van der Waals surface area contributed by atoms with Gasteiger partial charge in [-0.2, -0.15) is 0 Å². The molecule has 2 rings (SSSR count). The Labute approximate surface area is 149 Å². The Hall–Kier alpha value is -3.23. The number of imide groups is 1. The van der Waals surface area contributed by atoms with E-state index >= 15 is 0 Å². The highest BCUT2D eigenvalue weighted by molar-refractivity contribution is 5.95. The second-order valence-corrected chi connectivity index (χ2v) is 5.45. The zero-order valence-corrected chi connectivity index (χ0v) is 14.3. The van der Waals surface area contributed by atoms with E-state index in [9.17, 15) is 19.2 Å². The van der Waals surface area contributed by atoms with Gasteiger partial charge in [-0.1, -0.05) is 12.1 Å². The molecule has 0 unspecified atom stereocenters. The van der Waals surface area contributed by atoms with Gasteiger partial charge in [0.25, 0.3) is 11.5 Å². The van der Waals surface area contributed by atoms with Crippen molar-refractivity contribution in [2.75, 3.05) is 13.2 Å². The van der Waals surface area contributed by atoms with Gasteiger partial charge in [-0.25, -0.2) is 9.78 Å². The minimum atomic E-state index is -0.704. The molecule has 0 bridgehead atoms. The number of fused-ring (bicyclic) bond motifs is 1. The average Bonchev–Trinajstić information content (AvgIpc) is 2.60. The lowest BCUT2D eigenvalue weighted by Crippen LogP contribution is -2.41. The number of carbonyl (C=O) groups is 3. The Morgan fingerprint density at radius 1 is 1.23 bits per heavy atom. The molecule has 0 atom stereocenters. The van der Waals surface area contributed by atoms with Crippen molar-refractivity contribution in [3.63, 3.8) is 0 Å². The quantitative estimate of drug-likeness (QED) is 0.621. The molecular weight excluding hydrogens is 340 g/mol. The molecule has 1 aromatic carbocycles. The van der Waals surface area contributed by atoms with Gasteiger partial charge in [-0.3, -0.25) is 19.7 Å². The molecular formula is C17H20N4O5. The smallest absolute Gasteiger partial charge is 0.321 e. The van der Waals surface area contributed by atoms with Crippen LogP contribution < -0.4 is 16.2 Å². The molecule has 0 radical (unpaired) electrons. The summed E-state index contributed by atoms with van der Waals surface area (Å²) in [5.41, 5.74) is 0.367. The molecule has 26 heavy (non-hydrogen) atoms.